The van der Waals surface area contributed by atoms with E-state index in [1.807, 2.05) is 6.92 Å². The van der Waals surface area contributed by atoms with Gasteiger partial charge in [-0.05, 0) is 18.3 Å². The van der Waals surface area contributed by atoms with Gasteiger partial charge >= 0.3 is 0 Å². The number of anilines is 2. The lowest BCUT2D eigenvalue weighted by Gasteiger charge is -2.10. The highest BCUT2D eigenvalue weighted by atomic mass is 16.6. The summed E-state index contributed by atoms with van der Waals surface area (Å²) in [6.45, 7) is 7.12. The quantitative estimate of drug-likeness (QED) is 0.609. The molecule has 1 aromatic rings. The second kappa shape index (κ2) is 5.03. The maximum Gasteiger partial charge on any atom is 0.276 e. The number of rotatable bonds is 6. The van der Waals surface area contributed by atoms with E-state index in [0.717, 1.165) is 19.4 Å². The normalized spacial score (nSPS) is 19.8. The molecule has 0 saturated heterocycles. The highest BCUT2D eigenvalue weighted by molar-refractivity contribution is 5.55. The number of nitro groups is 1. The summed E-state index contributed by atoms with van der Waals surface area (Å²) in [5.41, 5.74) is 0.318. The van der Waals surface area contributed by atoms with Crippen molar-refractivity contribution in [1.29, 1.82) is 0 Å². The summed E-state index contributed by atoms with van der Waals surface area (Å²) < 4.78 is 0. The van der Waals surface area contributed by atoms with E-state index >= 15 is 0 Å². The minimum atomic E-state index is -0.387. The van der Waals surface area contributed by atoms with Crippen LogP contribution in [0.1, 0.15) is 33.6 Å². The molecule has 2 N–H and O–H groups in total. The predicted octanol–water partition coefficient (Wildman–Crippen LogP) is 3.02. The fourth-order valence-corrected chi connectivity index (χ4v) is 1.93. The Morgan fingerprint density at radius 3 is 2.63 bits per heavy atom. The van der Waals surface area contributed by atoms with Gasteiger partial charge in [0.15, 0.2) is 0 Å². The first-order valence-corrected chi connectivity index (χ1v) is 6.59. The molecule has 0 radical (unpaired) electrons. The van der Waals surface area contributed by atoms with Crippen molar-refractivity contribution in [2.24, 2.45) is 5.41 Å². The smallest absolute Gasteiger partial charge is 0.276 e. The number of nitrogens with zero attached hydrogens (tertiary/aromatic N) is 2. The van der Waals surface area contributed by atoms with Crippen LogP contribution in [0.5, 0.6) is 0 Å². The maximum atomic E-state index is 10.9. The SMILES string of the molecule is CCCNc1cc([N+](=O)[O-])cc(NC2CC2(C)C)n1. The summed E-state index contributed by atoms with van der Waals surface area (Å²) in [7, 11) is 0. The van der Waals surface area contributed by atoms with Gasteiger partial charge in [-0.3, -0.25) is 10.1 Å². The molecule has 2 rings (SSSR count). The van der Waals surface area contributed by atoms with Gasteiger partial charge in [0.25, 0.3) is 5.69 Å². The van der Waals surface area contributed by atoms with Gasteiger partial charge in [-0.2, -0.15) is 0 Å². The summed E-state index contributed by atoms with van der Waals surface area (Å²) in [6, 6.07) is 3.31. The Labute approximate surface area is 112 Å². The largest absolute Gasteiger partial charge is 0.370 e. The average molecular weight is 264 g/mol. The molecule has 6 nitrogen and oxygen atoms in total. The fourth-order valence-electron chi connectivity index (χ4n) is 1.93. The summed E-state index contributed by atoms with van der Waals surface area (Å²) >= 11 is 0. The van der Waals surface area contributed by atoms with Gasteiger partial charge in [0.1, 0.15) is 11.6 Å². The molecule has 0 spiro atoms. The van der Waals surface area contributed by atoms with E-state index in [0.29, 0.717) is 17.7 Å². The van der Waals surface area contributed by atoms with E-state index in [9.17, 15) is 10.1 Å². The van der Waals surface area contributed by atoms with Gasteiger partial charge in [-0.25, -0.2) is 4.98 Å². The van der Waals surface area contributed by atoms with Gasteiger partial charge in [0.05, 0.1) is 17.1 Å². The van der Waals surface area contributed by atoms with Crippen LogP contribution in [0.4, 0.5) is 17.3 Å². The van der Waals surface area contributed by atoms with Crippen molar-refractivity contribution in [3.63, 3.8) is 0 Å². The van der Waals surface area contributed by atoms with Crippen LogP contribution in [-0.2, 0) is 0 Å². The number of hydrogen-bond acceptors (Lipinski definition) is 5. The van der Waals surface area contributed by atoms with E-state index in [1.54, 1.807) is 0 Å². The van der Waals surface area contributed by atoms with Crippen LogP contribution in [0.15, 0.2) is 12.1 Å². The molecule has 1 atom stereocenters. The molecule has 0 amide bonds. The van der Waals surface area contributed by atoms with Crippen LogP contribution in [0.3, 0.4) is 0 Å². The Bertz CT molecular complexity index is 488. The van der Waals surface area contributed by atoms with Gasteiger partial charge in [-0.15, -0.1) is 0 Å². The third-order valence-electron chi connectivity index (χ3n) is 3.41. The van der Waals surface area contributed by atoms with Gasteiger partial charge in [-0.1, -0.05) is 20.8 Å². The van der Waals surface area contributed by atoms with Gasteiger partial charge < -0.3 is 10.6 Å². The summed E-state index contributed by atoms with van der Waals surface area (Å²) in [4.78, 5) is 14.9. The molecule has 19 heavy (non-hydrogen) atoms. The molecule has 1 aromatic heterocycles. The molecule has 0 bridgehead atoms. The summed E-state index contributed by atoms with van der Waals surface area (Å²) in [5.74, 6) is 1.13. The van der Waals surface area contributed by atoms with Crippen molar-refractivity contribution in [1.82, 2.24) is 4.98 Å². The first-order valence-electron chi connectivity index (χ1n) is 6.59. The molecular formula is C13H20N4O2. The second-order valence-corrected chi connectivity index (χ2v) is 5.67. The summed E-state index contributed by atoms with van der Waals surface area (Å²) in [6.07, 6.45) is 2.01. The Balaban J connectivity index is 2.16. The highest BCUT2D eigenvalue weighted by Gasteiger charge is 2.45. The van der Waals surface area contributed by atoms with Gasteiger partial charge in [0, 0.05) is 12.6 Å². The lowest BCUT2D eigenvalue weighted by Crippen LogP contribution is -2.11. The average Bonchev–Trinajstić information content (AvgIpc) is 2.93. The van der Waals surface area contributed by atoms with Crippen LogP contribution in [0.2, 0.25) is 0 Å². The van der Waals surface area contributed by atoms with Crippen LogP contribution >= 0.6 is 0 Å². The number of pyridine rings is 1. The molecule has 1 aliphatic rings. The van der Waals surface area contributed by atoms with E-state index < -0.39 is 0 Å². The van der Waals surface area contributed by atoms with Crippen molar-refractivity contribution < 1.29 is 4.92 Å². The van der Waals surface area contributed by atoms with E-state index in [-0.39, 0.29) is 16.0 Å². The number of aromatic nitrogens is 1. The van der Waals surface area contributed by atoms with Crippen LogP contribution in [-0.4, -0.2) is 22.5 Å². The van der Waals surface area contributed by atoms with E-state index in [4.69, 9.17) is 0 Å². The number of nitrogens with one attached hydrogen (secondary N) is 2. The predicted molar refractivity (Wildman–Crippen MR) is 75.5 cm³/mol. The van der Waals surface area contributed by atoms with Crippen molar-refractivity contribution in [3.8, 4) is 0 Å². The molecule has 6 heteroatoms. The molecule has 0 aliphatic heterocycles. The first kappa shape index (κ1) is 13.6. The van der Waals surface area contributed by atoms with Gasteiger partial charge in [0.2, 0.25) is 0 Å². The zero-order valence-corrected chi connectivity index (χ0v) is 11.6. The maximum absolute atomic E-state index is 10.9. The Hall–Kier alpha value is -1.85. The Kier molecular flexibility index (Phi) is 3.59. The molecule has 1 saturated carbocycles. The zero-order chi connectivity index (χ0) is 14.0. The Morgan fingerprint density at radius 1 is 1.47 bits per heavy atom. The van der Waals surface area contributed by atoms with Crippen molar-refractivity contribution in [3.05, 3.63) is 22.2 Å². The molecule has 0 aromatic carbocycles. The minimum absolute atomic E-state index is 0.0644. The van der Waals surface area contributed by atoms with Crippen molar-refractivity contribution in [2.75, 3.05) is 17.2 Å². The van der Waals surface area contributed by atoms with Crippen molar-refractivity contribution in [2.45, 2.75) is 39.7 Å². The van der Waals surface area contributed by atoms with Crippen LogP contribution in [0.25, 0.3) is 0 Å². The van der Waals surface area contributed by atoms with Crippen LogP contribution in [0, 0.1) is 15.5 Å². The number of hydrogen-bond donors (Lipinski definition) is 2. The molecular weight excluding hydrogens is 244 g/mol. The zero-order valence-electron chi connectivity index (χ0n) is 11.6. The monoisotopic (exact) mass is 264 g/mol. The lowest BCUT2D eigenvalue weighted by atomic mass is 10.2. The molecule has 1 aliphatic carbocycles. The third kappa shape index (κ3) is 3.33. The highest BCUT2D eigenvalue weighted by Crippen LogP contribution is 2.46. The Morgan fingerprint density at radius 2 is 2.11 bits per heavy atom. The summed E-state index contributed by atoms with van der Waals surface area (Å²) in [5, 5.41) is 17.3. The van der Waals surface area contributed by atoms with E-state index in [1.165, 1.54) is 12.1 Å². The first-order chi connectivity index (χ1) is 8.92. The van der Waals surface area contributed by atoms with Crippen LogP contribution < -0.4 is 10.6 Å². The molecule has 1 fully saturated rings. The van der Waals surface area contributed by atoms with Crippen molar-refractivity contribution >= 4 is 17.3 Å². The second-order valence-electron chi connectivity index (χ2n) is 5.67. The van der Waals surface area contributed by atoms with E-state index in [2.05, 4.69) is 29.5 Å². The standard InChI is InChI=1S/C13H20N4O2/c1-4-5-14-11-6-9(17(18)19)7-12(16-11)15-10-8-13(10,2)3/h6-7,10H,4-5,8H2,1-3H3,(H2,14,15,16). The molecule has 1 unspecified atom stereocenters. The third-order valence-corrected chi connectivity index (χ3v) is 3.41. The molecule has 104 valence electrons. The minimum Gasteiger partial charge on any atom is -0.370 e. The fraction of sp³-hybridized carbons (Fsp3) is 0.615. The lowest BCUT2D eigenvalue weighted by molar-refractivity contribution is -0.384. The topological polar surface area (TPSA) is 80.1 Å². The molecule has 1 heterocycles.